The molecule has 1 unspecified atom stereocenters. The molecule has 0 aromatic heterocycles. The number of ether oxygens (including phenoxy) is 1. The Kier molecular flexibility index (Phi) is 5.28. The first-order valence-electron chi connectivity index (χ1n) is 5.66. The van der Waals surface area contributed by atoms with Crippen molar-refractivity contribution in [3.05, 3.63) is 12.0 Å². The highest BCUT2D eigenvalue weighted by atomic mass is 32.1. The highest BCUT2D eigenvalue weighted by Crippen LogP contribution is 2.25. The van der Waals surface area contributed by atoms with Crippen LogP contribution in [-0.4, -0.2) is 41.7 Å². The van der Waals surface area contributed by atoms with Crippen LogP contribution in [0.5, 0.6) is 0 Å². The predicted molar refractivity (Wildman–Crippen MR) is 64.4 cm³/mol. The maximum atomic E-state index is 12.2. The largest absolute Gasteiger partial charge is 0.479 e. The van der Waals surface area contributed by atoms with E-state index in [0.717, 1.165) is 4.90 Å². The van der Waals surface area contributed by atoms with Gasteiger partial charge in [-0.3, -0.25) is 14.5 Å². The minimum Gasteiger partial charge on any atom is -0.479 e. The minimum absolute atomic E-state index is 0.0549. The summed E-state index contributed by atoms with van der Waals surface area (Å²) in [4.78, 5) is 23.7. The lowest BCUT2D eigenvalue weighted by molar-refractivity contribution is -0.165. The molecule has 1 saturated heterocycles. The number of nitrogens with zero attached hydrogens (tertiary/aromatic N) is 1. The second-order valence-corrected chi connectivity index (χ2v) is 4.40. The van der Waals surface area contributed by atoms with E-state index < -0.39 is 12.0 Å². The first-order chi connectivity index (χ1) is 8.79. The molecule has 0 spiro atoms. The van der Waals surface area contributed by atoms with Crippen LogP contribution >= 0.6 is 12.6 Å². The van der Waals surface area contributed by atoms with Gasteiger partial charge in [-0.1, -0.05) is 0 Å². The average Bonchev–Trinajstić information content (AvgIpc) is 2.68. The SMILES string of the molecule is CCOC(=CC(=O)C(F)(F)F)N1CC(CS)CC1=O. The molecule has 1 fully saturated rings. The Hall–Kier alpha value is -1.18. The summed E-state index contributed by atoms with van der Waals surface area (Å²) in [6.07, 6.45) is -4.47. The van der Waals surface area contributed by atoms with Crippen LogP contribution in [0.25, 0.3) is 0 Å². The molecule has 0 aromatic carbocycles. The van der Waals surface area contributed by atoms with Crippen molar-refractivity contribution >= 4 is 24.3 Å². The molecule has 4 nitrogen and oxygen atoms in total. The number of alkyl halides is 3. The third-order valence-electron chi connectivity index (χ3n) is 2.56. The lowest BCUT2D eigenvalue weighted by Crippen LogP contribution is -2.29. The third kappa shape index (κ3) is 4.15. The van der Waals surface area contributed by atoms with Crippen LogP contribution in [0.1, 0.15) is 13.3 Å². The topological polar surface area (TPSA) is 46.6 Å². The maximum absolute atomic E-state index is 12.2. The van der Waals surface area contributed by atoms with Crippen molar-refractivity contribution in [1.29, 1.82) is 0 Å². The number of allylic oxidation sites excluding steroid dienone is 1. The Balaban J connectivity index is 2.92. The monoisotopic (exact) mass is 297 g/mol. The smallest absolute Gasteiger partial charge is 0.454 e. The Morgan fingerprint density at radius 3 is 2.63 bits per heavy atom. The molecule has 8 heteroatoms. The number of ketones is 1. The van der Waals surface area contributed by atoms with E-state index in [1.807, 2.05) is 0 Å². The van der Waals surface area contributed by atoms with Crippen LogP contribution in [0, 0.1) is 5.92 Å². The second kappa shape index (κ2) is 6.31. The summed E-state index contributed by atoms with van der Waals surface area (Å²) in [5, 5.41) is 0. The molecule has 1 heterocycles. The lowest BCUT2D eigenvalue weighted by Gasteiger charge is -2.20. The lowest BCUT2D eigenvalue weighted by atomic mass is 10.1. The van der Waals surface area contributed by atoms with Crippen LogP contribution < -0.4 is 0 Å². The molecule has 0 radical (unpaired) electrons. The normalized spacial score (nSPS) is 20.9. The summed E-state index contributed by atoms with van der Waals surface area (Å²) in [5.41, 5.74) is 0. The predicted octanol–water partition coefficient (Wildman–Crippen LogP) is 1.77. The van der Waals surface area contributed by atoms with Crippen molar-refractivity contribution in [3.8, 4) is 0 Å². The summed E-state index contributed by atoms with van der Waals surface area (Å²) in [6, 6.07) is 0. The molecule has 1 atom stereocenters. The Morgan fingerprint density at radius 1 is 1.58 bits per heavy atom. The number of halogens is 3. The van der Waals surface area contributed by atoms with Crippen molar-refractivity contribution in [1.82, 2.24) is 4.90 Å². The molecule has 1 amide bonds. The van der Waals surface area contributed by atoms with Crippen molar-refractivity contribution < 1.29 is 27.5 Å². The van der Waals surface area contributed by atoms with Gasteiger partial charge in [0.15, 0.2) is 5.88 Å². The number of hydrogen-bond acceptors (Lipinski definition) is 4. The summed E-state index contributed by atoms with van der Waals surface area (Å²) >= 11 is 4.05. The fourth-order valence-electron chi connectivity index (χ4n) is 1.66. The summed E-state index contributed by atoms with van der Waals surface area (Å²) in [7, 11) is 0. The van der Waals surface area contributed by atoms with Crippen LogP contribution in [0.15, 0.2) is 12.0 Å². The van der Waals surface area contributed by atoms with Gasteiger partial charge in [-0.15, -0.1) is 0 Å². The van der Waals surface area contributed by atoms with Gasteiger partial charge in [-0.25, -0.2) is 0 Å². The molecule has 108 valence electrons. The van der Waals surface area contributed by atoms with Crippen molar-refractivity contribution in [3.63, 3.8) is 0 Å². The first-order valence-corrected chi connectivity index (χ1v) is 6.29. The van der Waals surface area contributed by atoms with E-state index in [1.54, 1.807) is 6.92 Å². The summed E-state index contributed by atoms with van der Waals surface area (Å²) in [6.45, 7) is 1.83. The van der Waals surface area contributed by atoms with Gasteiger partial charge in [0, 0.05) is 13.0 Å². The van der Waals surface area contributed by atoms with Crippen molar-refractivity contribution in [2.75, 3.05) is 18.9 Å². The van der Waals surface area contributed by atoms with E-state index in [0.29, 0.717) is 11.8 Å². The second-order valence-electron chi connectivity index (χ2n) is 4.03. The minimum atomic E-state index is -4.98. The van der Waals surface area contributed by atoms with E-state index in [-0.39, 0.29) is 37.3 Å². The van der Waals surface area contributed by atoms with Gasteiger partial charge < -0.3 is 4.74 Å². The molecule has 0 N–H and O–H groups in total. The number of likely N-dealkylation sites (tertiary alicyclic amines) is 1. The Morgan fingerprint density at radius 2 is 2.21 bits per heavy atom. The molecule has 1 aliphatic rings. The van der Waals surface area contributed by atoms with Crippen LogP contribution in [-0.2, 0) is 14.3 Å². The Labute approximate surface area is 114 Å². The number of carbonyl (C=O) groups excluding carboxylic acids is 2. The average molecular weight is 297 g/mol. The number of hydrogen-bond donors (Lipinski definition) is 1. The zero-order valence-corrected chi connectivity index (χ0v) is 11.1. The van der Waals surface area contributed by atoms with E-state index in [4.69, 9.17) is 4.74 Å². The maximum Gasteiger partial charge on any atom is 0.454 e. The van der Waals surface area contributed by atoms with E-state index >= 15 is 0 Å². The molecule has 0 saturated carbocycles. The molecular formula is C11H14F3NO3S. The zero-order valence-electron chi connectivity index (χ0n) is 10.2. The van der Waals surface area contributed by atoms with E-state index in [9.17, 15) is 22.8 Å². The highest BCUT2D eigenvalue weighted by molar-refractivity contribution is 7.80. The van der Waals surface area contributed by atoms with Gasteiger partial charge in [0.2, 0.25) is 5.91 Å². The summed E-state index contributed by atoms with van der Waals surface area (Å²) in [5.74, 6) is -2.37. The van der Waals surface area contributed by atoms with Gasteiger partial charge in [-0.2, -0.15) is 25.8 Å². The molecule has 1 aliphatic heterocycles. The van der Waals surface area contributed by atoms with Gasteiger partial charge in [0.05, 0.1) is 12.7 Å². The number of carbonyl (C=O) groups is 2. The van der Waals surface area contributed by atoms with Gasteiger partial charge >= 0.3 is 6.18 Å². The zero-order chi connectivity index (χ0) is 14.6. The summed E-state index contributed by atoms with van der Waals surface area (Å²) < 4.78 is 41.6. The van der Waals surface area contributed by atoms with Gasteiger partial charge in [-0.05, 0) is 18.6 Å². The molecule has 0 aromatic rings. The quantitative estimate of drug-likeness (QED) is 0.478. The number of rotatable bonds is 5. The van der Waals surface area contributed by atoms with Gasteiger partial charge in [0.25, 0.3) is 5.78 Å². The number of amides is 1. The van der Waals surface area contributed by atoms with Crippen LogP contribution in [0.2, 0.25) is 0 Å². The third-order valence-corrected chi connectivity index (χ3v) is 3.07. The van der Waals surface area contributed by atoms with Crippen molar-refractivity contribution in [2.24, 2.45) is 5.92 Å². The highest BCUT2D eigenvalue weighted by Gasteiger charge is 2.39. The van der Waals surface area contributed by atoms with Crippen molar-refractivity contribution in [2.45, 2.75) is 19.5 Å². The van der Waals surface area contributed by atoms with Gasteiger partial charge in [0.1, 0.15) is 0 Å². The molecule has 19 heavy (non-hydrogen) atoms. The molecular weight excluding hydrogens is 283 g/mol. The Bertz CT molecular complexity index is 395. The molecule has 0 bridgehead atoms. The molecule has 1 rings (SSSR count). The van der Waals surface area contributed by atoms with E-state index in [2.05, 4.69) is 12.6 Å². The first kappa shape index (κ1) is 15.9. The molecule has 0 aliphatic carbocycles. The fraction of sp³-hybridized carbons (Fsp3) is 0.636. The standard InChI is InChI=1S/C11H14F3NO3S/c1-2-18-10(4-8(16)11(12,13)14)15-5-7(6-19)3-9(15)17/h4,7,19H,2-3,5-6H2,1H3. The van der Waals surface area contributed by atoms with E-state index in [1.165, 1.54) is 0 Å². The number of thiol groups is 1. The fourth-order valence-corrected chi connectivity index (χ4v) is 1.90. The van der Waals surface area contributed by atoms with Crippen LogP contribution in [0.3, 0.4) is 0 Å². The van der Waals surface area contributed by atoms with Crippen LogP contribution in [0.4, 0.5) is 13.2 Å².